The molecule has 1 heterocycles. The normalized spacial score (nSPS) is 20.1. The Labute approximate surface area is 202 Å². The second-order valence-electron chi connectivity index (χ2n) is 9.60. The minimum absolute atomic E-state index is 0.00428. The summed E-state index contributed by atoms with van der Waals surface area (Å²) in [6.07, 6.45) is 6.99. The molecule has 0 bridgehead atoms. The molecule has 172 valence electrons. The van der Waals surface area contributed by atoms with Crippen LogP contribution in [0.2, 0.25) is 0 Å². The molecule has 4 heteroatoms. The lowest BCUT2D eigenvalue weighted by Crippen LogP contribution is -2.24. The first-order valence-corrected chi connectivity index (χ1v) is 12.4. The second-order valence-corrected chi connectivity index (χ2v) is 9.60. The molecule has 4 nitrogen and oxygen atoms in total. The van der Waals surface area contributed by atoms with Gasteiger partial charge in [-0.15, -0.1) is 0 Å². The van der Waals surface area contributed by atoms with E-state index >= 15 is 0 Å². The van der Waals surface area contributed by atoms with E-state index in [1.807, 2.05) is 18.2 Å². The summed E-state index contributed by atoms with van der Waals surface area (Å²) in [5, 5.41) is 16.0. The van der Waals surface area contributed by atoms with Crippen molar-refractivity contribution in [3.05, 3.63) is 100 Å². The molecule has 1 fully saturated rings. The van der Waals surface area contributed by atoms with E-state index < -0.39 is 0 Å². The zero-order valence-corrected chi connectivity index (χ0v) is 19.7. The van der Waals surface area contributed by atoms with Crippen LogP contribution < -0.4 is 10.6 Å². The number of nitriles is 1. The zero-order valence-electron chi connectivity index (χ0n) is 19.7. The number of carbonyl (C=O) groups excluding carboxylic acids is 1. The molecule has 3 aromatic carbocycles. The molecule has 5 rings (SSSR count). The van der Waals surface area contributed by atoms with Crippen molar-refractivity contribution in [3.8, 4) is 6.07 Å². The van der Waals surface area contributed by atoms with Gasteiger partial charge < -0.3 is 5.32 Å². The number of carbonyl (C=O) groups is 1. The smallest absolute Gasteiger partial charge is 0.243 e. The topological polar surface area (TPSA) is 74.8 Å². The summed E-state index contributed by atoms with van der Waals surface area (Å²) in [5.41, 5.74) is 7.49. The van der Waals surface area contributed by atoms with Gasteiger partial charge in [0.05, 0.1) is 17.2 Å². The number of hydrogen-bond acceptors (Lipinski definition) is 3. The Morgan fingerprint density at radius 3 is 2.68 bits per heavy atom. The van der Waals surface area contributed by atoms with Crippen LogP contribution in [0.1, 0.15) is 59.6 Å². The van der Waals surface area contributed by atoms with E-state index in [0.717, 1.165) is 56.2 Å². The predicted octanol–water partition coefficient (Wildman–Crippen LogP) is 5.44. The van der Waals surface area contributed by atoms with Crippen molar-refractivity contribution in [1.29, 1.82) is 5.26 Å². The van der Waals surface area contributed by atoms with Crippen LogP contribution in [-0.4, -0.2) is 11.9 Å². The number of unbranched alkanes of at least 4 members (excludes halogenated alkanes) is 1. The van der Waals surface area contributed by atoms with Crippen LogP contribution in [0, 0.1) is 11.3 Å². The van der Waals surface area contributed by atoms with E-state index in [4.69, 9.17) is 0 Å². The number of rotatable bonds is 8. The van der Waals surface area contributed by atoms with Crippen LogP contribution in [0.15, 0.2) is 66.7 Å². The van der Waals surface area contributed by atoms with Crippen LogP contribution in [0.4, 0.5) is 5.69 Å². The fourth-order valence-corrected chi connectivity index (χ4v) is 5.32. The number of nitrogens with zero attached hydrogens (tertiary/aromatic N) is 1. The van der Waals surface area contributed by atoms with Crippen LogP contribution in [0.5, 0.6) is 0 Å². The van der Waals surface area contributed by atoms with Crippen molar-refractivity contribution < 1.29 is 4.79 Å². The predicted molar refractivity (Wildman–Crippen MR) is 136 cm³/mol. The fraction of sp³-hybridized carbons (Fsp3) is 0.333. The number of aryl methyl sites for hydroxylation is 4. The summed E-state index contributed by atoms with van der Waals surface area (Å²) in [6, 6.07) is 25.0. The van der Waals surface area contributed by atoms with Crippen LogP contribution >= 0.6 is 0 Å². The monoisotopic (exact) mass is 449 g/mol. The molecule has 2 aliphatic rings. The minimum atomic E-state index is -0.251. The molecule has 0 aromatic heterocycles. The van der Waals surface area contributed by atoms with Gasteiger partial charge in [0, 0.05) is 5.69 Å². The third-order valence-electron chi connectivity index (χ3n) is 7.36. The minimum Gasteiger partial charge on any atom is -0.324 e. The van der Waals surface area contributed by atoms with Gasteiger partial charge in [-0.25, -0.2) is 0 Å². The average molecular weight is 450 g/mol. The third-order valence-corrected chi connectivity index (χ3v) is 7.36. The van der Waals surface area contributed by atoms with Crippen molar-refractivity contribution in [2.45, 2.75) is 63.5 Å². The average Bonchev–Trinajstić information content (AvgIpc) is 3.51. The van der Waals surface area contributed by atoms with Crippen LogP contribution in [0.25, 0.3) is 0 Å². The van der Waals surface area contributed by atoms with Crippen molar-refractivity contribution in [2.24, 2.45) is 0 Å². The molecule has 0 radical (unpaired) electrons. The van der Waals surface area contributed by atoms with Crippen molar-refractivity contribution in [2.75, 3.05) is 5.32 Å². The van der Waals surface area contributed by atoms with Gasteiger partial charge in [-0.05, 0) is 78.5 Å². The van der Waals surface area contributed by atoms with Gasteiger partial charge in [-0.2, -0.15) is 5.26 Å². The highest BCUT2D eigenvalue weighted by molar-refractivity contribution is 5.99. The highest BCUT2D eigenvalue weighted by Crippen LogP contribution is 2.49. The Hall–Kier alpha value is -3.42. The second kappa shape index (κ2) is 9.44. The van der Waals surface area contributed by atoms with Gasteiger partial charge in [0.1, 0.15) is 6.04 Å². The lowest BCUT2D eigenvalue weighted by molar-refractivity contribution is -0.116. The molecular formula is C30H31N3O. The number of hydrogen-bond donors (Lipinski definition) is 2. The summed E-state index contributed by atoms with van der Waals surface area (Å²) >= 11 is 0. The van der Waals surface area contributed by atoms with E-state index in [1.165, 1.54) is 22.3 Å². The highest BCUT2D eigenvalue weighted by atomic mass is 16.2. The molecule has 2 unspecified atom stereocenters. The Kier molecular flexibility index (Phi) is 6.22. The maximum Gasteiger partial charge on any atom is 0.243 e. The largest absolute Gasteiger partial charge is 0.324 e. The van der Waals surface area contributed by atoms with E-state index in [1.54, 1.807) is 0 Å². The summed E-state index contributed by atoms with van der Waals surface area (Å²) in [4.78, 5) is 13.3. The van der Waals surface area contributed by atoms with Crippen molar-refractivity contribution in [3.63, 3.8) is 0 Å². The Morgan fingerprint density at radius 1 is 1.06 bits per heavy atom. The van der Waals surface area contributed by atoms with Gasteiger partial charge in [0.25, 0.3) is 0 Å². The van der Waals surface area contributed by atoms with E-state index in [2.05, 4.69) is 72.2 Å². The van der Waals surface area contributed by atoms with E-state index in [9.17, 15) is 10.1 Å². The SMILES string of the molecule is CCCCc1ccc(C#N)cc1NC(=O)C1NC12CCc1ccc(CCc3ccccc3)cc12. The number of fused-ring (bicyclic) bond motifs is 2. The first-order valence-electron chi connectivity index (χ1n) is 12.4. The Bertz CT molecular complexity index is 1240. The molecule has 2 N–H and O–H groups in total. The number of benzene rings is 3. The van der Waals surface area contributed by atoms with E-state index in [-0.39, 0.29) is 17.5 Å². The molecule has 34 heavy (non-hydrogen) atoms. The maximum absolute atomic E-state index is 13.3. The molecule has 1 aliphatic heterocycles. The van der Waals surface area contributed by atoms with Gasteiger partial charge in [-0.1, -0.05) is 67.9 Å². The standard InChI is InChI=1S/C30H31N3O/c1-2-3-9-25-15-13-23(20-31)19-27(25)32-29(34)28-30(33-28)17-16-24-14-12-22(18-26(24)30)11-10-21-7-5-4-6-8-21/h4-8,12-15,18-19,28,33H,2-3,9-11,16-17H2,1H3,(H,32,34). The summed E-state index contributed by atoms with van der Waals surface area (Å²) < 4.78 is 0. The molecule has 1 amide bonds. The van der Waals surface area contributed by atoms with E-state index in [0.29, 0.717) is 5.56 Å². The quantitative estimate of drug-likeness (QED) is 0.450. The number of anilines is 1. The lowest BCUT2D eigenvalue weighted by Gasteiger charge is -2.14. The molecule has 1 spiro atoms. The fourth-order valence-electron chi connectivity index (χ4n) is 5.32. The van der Waals surface area contributed by atoms with Crippen LogP contribution in [-0.2, 0) is 36.0 Å². The van der Waals surface area contributed by atoms with Gasteiger partial charge in [-0.3, -0.25) is 10.1 Å². The summed E-state index contributed by atoms with van der Waals surface area (Å²) in [5.74, 6) is -0.00428. The van der Waals surface area contributed by atoms with Gasteiger partial charge in [0.2, 0.25) is 5.91 Å². The van der Waals surface area contributed by atoms with Gasteiger partial charge >= 0.3 is 0 Å². The van der Waals surface area contributed by atoms with Crippen LogP contribution in [0.3, 0.4) is 0 Å². The molecular weight excluding hydrogens is 418 g/mol. The first kappa shape index (κ1) is 22.4. The zero-order chi connectivity index (χ0) is 23.5. The van der Waals surface area contributed by atoms with Crippen molar-refractivity contribution in [1.82, 2.24) is 5.32 Å². The molecule has 2 atom stereocenters. The number of amides is 1. The van der Waals surface area contributed by atoms with Gasteiger partial charge in [0.15, 0.2) is 0 Å². The number of nitrogens with one attached hydrogen (secondary N) is 2. The molecule has 0 saturated carbocycles. The molecule has 1 aliphatic carbocycles. The van der Waals surface area contributed by atoms with Crippen molar-refractivity contribution >= 4 is 11.6 Å². The summed E-state index contributed by atoms with van der Waals surface area (Å²) in [6.45, 7) is 2.16. The summed E-state index contributed by atoms with van der Waals surface area (Å²) in [7, 11) is 0. The Morgan fingerprint density at radius 2 is 1.88 bits per heavy atom. The first-order chi connectivity index (χ1) is 16.6. The highest BCUT2D eigenvalue weighted by Gasteiger charge is 2.61. The maximum atomic E-state index is 13.3. The third kappa shape index (κ3) is 4.36. The molecule has 1 saturated heterocycles. The Balaban J connectivity index is 1.31. The molecule has 3 aromatic rings. The lowest BCUT2D eigenvalue weighted by atomic mass is 9.93.